The Hall–Kier alpha value is -1.10. The molecular formula is C16H24ClNO3. The summed E-state index contributed by atoms with van der Waals surface area (Å²) in [6, 6.07) is 6.75. The molecule has 0 aliphatic heterocycles. The lowest BCUT2D eigenvalue weighted by Crippen LogP contribution is -2.36. The number of hydrogen-bond acceptors (Lipinski definition) is 3. The average molecular weight is 314 g/mol. The van der Waals surface area contributed by atoms with Crippen LogP contribution in [0, 0.1) is 5.92 Å². The maximum absolute atomic E-state index is 11.8. The smallest absolute Gasteiger partial charge is 0.223 e. The van der Waals surface area contributed by atoms with E-state index in [2.05, 4.69) is 19.2 Å². The minimum Gasteiger partial charge on any atom is -0.388 e. The number of carbonyl (C=O) groups excluding carboxylic acids is 1. The molecule has 21 heavy (non-hydrogen) atoms. The molecule has 0 aromatic heterocycles. The first kappa shape index (κ1) is 18.0. The zero-order valence-corrected chi connectivity index (χ0v) is 13.6. The van der Waals surface area contributed by atoms with Crippen molar-refractivity contribution in [2.75, 3.05) is 13.2 Å². The van der Waals surface area contributed by atoms with E-state index in [4.69, 9.17) is 16.3 Å². The van der Waals surface area contributed by atoms with Crippen LogP contribution in [0.1, 0.15) is 38.9 Å². The number of benzene rings is 1. The normalized spacial score (nSPS) is 14.0. The molecule has 1 amide bonds. The van der Waals surface area contributed by atoms with Gasteiger partial charge in [-0.3, -0.25) is 4.79 Å². The van der Waals surface area contributed by atoms with Gasteiger partial charge >= 0.3 is 0 Å². The van der Waals surface area contributed by atoms with Crippen molar-refractivity contribution >= 4 is 17.5 Å². The van der Waals surface area contributed by atoms with Crippen LogP contribution in [0.2, 0.25) is 5.02 Å². The van der Waals surface area contributed by atoms with E-state index >= 15 is 0 Å². The molecule has 0 fully saturated rings. The first-order valence-electron chi connectivity index (χ1n) is 7.19. The minimum absolute atomic E-state index is 0.0240. The quantitative estimate of drug-likeness (QED) is 0.776. The van der Waals surface area contributed by atoms with Gasteiger partial charge in [0.1, 0.15) is 0 Å². The lowest BCUT2D eigenvalue weighted by Gasteiger charge is -2.17. The maximum Gasteiger partial charge on any atom is 0.223 e. The van der Waals surface area contributed by atoms with Crippen LogP contribution in [-0.2, 0) is 9.53 Å². The summed E-state index contributed by atoms with van der Waals surface area (Å²) in [6.07, 6.45) is -0.804. The zero-order valence-electron chi connectivity index (χ0n) is 12.8. The summed E-state index contributed by atoms with van der Waals surface area (Å²) in [7, 11) is 0. The zero-order chi connectivity index (χ0) is 15.8. The number of ether oxygens (including phenoxy) is 1. The number of carbonyl (C=O) groups is 1. The van der Waals surface area contributed by atoms with Gasteiger partial charge in [0.2, 0.25) is 5.91 Å². The van der Waals surface area contributed by atoms with Crippen LogP contribution in [0.25, 0.3) is 0 Å². The number of nitrogens with one attached hydrogen (secondary N) is 1. The van der Waals surface area contributed by atoms with E-state index in [9.17, 15) is 9.90 Å². The molecule has 1 aromatic rings. The molecule has 0 radical (unpaired) electrons. The highest BCUT2D eigenvalue weighted by atomic mass is 35.5. The van der Waals surface area contributed by atoms with Crippen molar-refractivity contribution in [1.82, 2.24) is 5.32 Å². The van der Waals surface area contributed by atoms with E-state index in [0.29, 0.717) is 29.7 Å². The largest absolute Gasteiger partial charge is 0.388 e. The molecule has 2 atom stereocenters. The molecular weight excluding hydrogens is 290 g/mol. The lowest BCUT2D eigenvalue weighted by atomic mass is 10.1. The molecule has 118 valence electrons. The van der Waals surface area contributed by atoms with Gasteiger partial charge in [-0.15, -0.1) is 0 Å². The highest BCUT2D eigenvalue weighted by Crippen LogP contribution is 2.19. The Kier molecular flexibility index (Phi) is 7.72. The summed E-state index contributed by atoms with van der Waals surface area (Å²) < 4.78 is 5.47. The van der Waals surface area contributed by atoms with E-state index in [1.807, 2.05) is 6.92 Å². The first-order valence-corrected chi connectivity index (χ1v) is 7.57. The number of halogens is 1. The van der Waals surface area contributed by atoms with E-state index in [1.165, 1.54) is 0 Å². The van der Waals surface area contributed by atoms with Gasteiger partial charge in [0.25, 0.3) is 0 Å². The number of amides is 1. The Bertz CT molecular complexity index is 434. The Morgan fingerprint density at radius 2 is 1.86 bits per heavy atom. The van der Waals surface area contributed by atoms with E-state index < -0.39 is 6.10 Å². The molecule has 1 aromatic carbocycles. The Morgan fingerprint density at radius 1 is 1.24 bits per heavy atom. The maximum atomic E-state index is 11.8. The van der Waals surface area contributed by atoms with Crippen LogP contribution < -0.4 is 5.32 Å². The van der Waals surface area contributed by atoms with Crippen molar-refractivity contribution in [2.24, 2.45) is 5.92 Å². The fourth-order valence-corrected chi connectivity index (χ4v) is 1.96. The molecule has 2 unspecified atom stereocenters. The standard InChI is InChI=1S/C16H24ClNO3/c1-11(2)9-21-10-12(3)18-16(20)8-15(19)13-4-6-14(17)7-5-13/h4-7,11-12,15,19H,8-10H2,1-3H3,(H,18,20). The third kappa shape index (κ3) is 7.46. The lowest BCUT2D eigenvalue weighted by molar-refractivity contribution is -0.124. The Morgan fingerprint density at radius 3 is 2.43 bits per heavy atom. The second-order valence-electron chi connectivity index (χ2n) is 5.67. The third-order valence-corrected chi connectivity index (χ3v) is 3.11. The summed E-state index contributed by atoms with van der Waals surface area (Å²) in [6.45, 7) is 7.18. The van der Waals surface area contributed by atoms with Crippen LogP contribution >= 0.6 is 11.6 Å². The molecule has 1 rings (SSSR count). The van der Waals surface area contributed by atoms with Gasteiger partial charge in [0, 0.05) is 17.7 Å². The Balaban J connectivity index is 2.33. The first-order chi connectivity index (χ1) is 9.88. The fourth-order valence-electron chi connectivity index (χ4n) is 1.83. The average Bonchev–Trinajstić information content (AvgIpc) is 2.38. The second-order valence-corrected chi connectivity index (χ2v) is 6.11. The summed E-state index contributed by atoms with van der Waals surface area (Å²) in [5.74, 6) is 0.276. The van der Waals surface area contributed by atoms with Crippen LogP contribution in [-0.4, -0.2) is 30.3 Å². The molecule has 2 N–H and O–H groups in total. The summed E-state index contributed by atoms with van der Waals surface area (Å²) in [5.41, 5.74) is 0.679. The predicted molar refractivity (Wildman–Crippen MR) is 84.3 cm³/mol. The fraction of sp³-hybridized carbons (Fsp3) is 0.562. The van der Waals surface area contributed by atoms with Gasteiger partial charge in [0.15, 0.2) is 0 Å². The van der Waals surface area contributed by atoms with Crippen LogP contribution in [0.4, 0.5) is 0 Å². The van der Waals surface area contributed by atoms with Crippen molar-refractivity contribution in [3.63, 3.8) is 0 Å². The highest BCUT2D eigenvalue weighted by Gasteiger charge is 2.15. The molecule has 0 aliphatic carbocycles. The molecule has 0 saturated carbocycles. The topological polar surface area (TPSA) is 58.6 Å². The number of aliphatic hydroxyl groups is 1. The van der Waals surface area contributed by atoms with Crippen LogP contribution in [0.5, 0.6) is 0 Å². The van der Waals surface area contributed by atoms with Gasteiger partial charge < -0.3 is 15.2 Å². The molecule has 5 heteroatoms. The van der Waals surface area contributed by atoms with Crippen LogP contribution in [0.3, 0.4) is 0 Å². The van der Waals surface area contributed by atoms with Crippen molar-refractivity contribution in [3.8, 4) is 0 Å². The molecule has 0 spiro atoms. The van der Waals surface area contributed by atoms with E-state index in [-0.39, 0.29) is 18.4 Å². The SMILES string of the molecule is CC(C)COCC(C)NC(=O)CC(O)c1ccc(Cl)cc1. The van der Waals surface area contributed by atoms with Crippen molar-refractivity contribution in [2.45, 2.75) is 39.3 Å². The van der Waals surface area contributed by atoms with Crippen molar-refractivity contribution in [1.29, 1.82) is 0 Å². The number of hydrogen-bond donors (Lipinski definition) is 2. The summed E-state index contributed by atoms with van der Waals surface area (Å²) >= 11 is 5.79. The van der Waals surface area contributed by atoms with Gasteiger partial charge in [0.05, 0.1) is 19.1 Å². The molecule has 0 aliphatic rings. The predicted octanol–water partition coefficient (Wildman–Crippen LogP) is 2.94. The molecule has 0 saturated heterocycles. The highest BCUT2D eigenvalue weighted by molar-refractivity contribution is 6.30. The minimum atomic E-state index is -0.828. The number of rotatable bonds is 8. The monoisotopic (exact) mass is 313 g/mol. The van der Waals surface area contributed by atoms with Gasteiger partial charge in [-0.25, -0.2) is 0 Å². The Labute approximate surface area is 131 Å². The van der Waals surface area contributed by atoms with Crippen LogP contribution in [0.15, 0.2) is 24.3 Å². The van der Waals surface area contributed by atoms with Gasteiger partial charge in [-0.2, -0.15) is 0 Å². The second kappa shape index (κ2) is 9.03. The van der Waals surface area contributed by atoms with Crippen molar-refractivity contribution < 1.29 is 14.6 Å². The van der Waals surface area contributed by atoms with Gasteiger partial charge in [-0.1, -0.05) is 37.6 Å². The third-order valence-electron chi connectivity index (χ3n) is 2.86. The number of aliphatic hydroxyl groups excluding tert-OH is 1. The molecule has 0 heterocycles. The van der Waals surface area contributed by atoms with Crippen molar-refractivity contribution in [3.05, 3.63) is 34.9 Å². The molecule has 0 bridgehead atoms. The van der Waals surface area contributed by atoms with E-state index in [0.717, 1.165) is 0 Å². The summed E-state index contributed by atoms with van der Waals surface area (Å²) in [4.78, 5) is 11.8. The van der Waals surface area contributed by atoms with Gasteiger partial charge in [-0.05, 0) is 30.5 Å². The summed E-state index contributed by atoms with van der Waals surface area (Å²) in [5, 5.41) is 13.4. The van der Waals surface area contributed by atoms with E-state index in [1.54, 1.807) is 24.3 Å². The molecule has 4 nitrogen and oxygen atoms in total.